The lowest BCUT2D eigenvalue weighted by molar-refractivity contribution is 0.0752. The number of nitrogens with zero attached hydrogens (tertiary/aromatic N) is 5. The Morgan fingerprint density at radius 1 is 1.22 bits per heavy atom. The summed E-state index contributed by atoms with van der Waals surface area (Å²) in [5.41, 5.74) is 13.0. The molecule has 32 heavy (non-hydrogen) atoms. The first-order valence-corrected chi connectivity index (χ1v) is 11.6. The van der Waals surface area contributed by atoms with E-state index in [0.717, 1.165) is 0 Å². The number of rotatable bonds is 5. The lowest BCUT2D eigenvalue weighted by atomic mass is 10.1. The first-order valence-electron chi connectivity index (χ1n) is 10.0. The number of amides is 1. The zero-order valence-electron chi connectivity index (χ0n) is 17.6. The van der Waals surface area contributed by atoms with Gasteiger partial charge in [0, 0.05) is 24.7 Å². The van der Waals surface area contributed by atoms with Crippen molar-refractivity contribution in [2.24, 2.45) is 5.73 Å². The van der Waals surface area contributed by atoms with Crippen LogP contribution < -0.4 is 11.5 Å². The first kappa shape index (κ1) is 21.8. The Kier molecular flexibility index (Phi) is 5.65. The van der Waals surface area contributed by atoms with Gasteiger partial charge in [-0.1, -0.05) is 12.1 Å². The first-order chi connectivity index (χ1) is 15.2. The van der Waals surface area contributed by atoms with Gasteiger partial charge < -0.3 is 20.8 Å². The number of carbonyl (C=O) groups is 1. The topological polar surface area (TPSA) is 171 Å². The number of benzene rings is 1. The number of nitrogens with two attached hydrogens (primary N) is 2. The highest BCUT2D eigenvalue weighted by atomic mass is 32.2. The summed E-state index contributed by atoms with van der Waals surface area (Å²) in [5, 5.41) is 7.20. The second-order valence-electron chi connectivity index (χ2n) is 7.82. The number of carbonyl (C=O) groups excluding carboxylic acids is 1. The SMILES string of the molecule is CC(C)S(=O)(=O)c1ccc(-c2cnc(N)c(-c3nnc(C(=O)N4CCC(N)C4)o3)n2)cc1. The van der Waals surface area contributed by atoms with Gasteiger partial charge in [0.1, 0.15) is 0 Å². The van der Waals surface area contributed by atoms with E-state index in [1.807, 2.05) is 0 Å². The minimum atomic E-state index is -3.38. The number of hydrogen-bond acceptors (Lipinski definition) is 10. The fourth-order valence-corrected chi connectivity index (χ4v) is 4.35. The summed E-state index contributed by atoms with van der Waals surface area (Å²) in [6.45, 7) is 4.21. The molecule has 3 aromatic rings. The molecule has 2 aromatic heterocycles. The molecule has 1 fully saturated rings. The van der Waals surface area contributed by atoms with Crippen LogP contribution in [0.1, 0.15) is 31.0 Å². The van der Waals surface area contributed by atoms with E-state index in [0.29, 0.717) is 30.8 Å². The minimum Gasteiger partial charge on any atom is -0.410 e. The fraction of sp³-hybridized carbons (Fsp3) is 0.350. The molecule has 168 valence electrons. The summed E-state index contributed by atoms with van der Waals surface area (Å²) in [6.07, 6.45) is 2.17. The quantitative estimate of drug-likeness (QED) is 0.565. The third-order valence-electron chi connectivity index (χ3n) is 5.22. The van der Waals surface area contributed by atoms with E-state index in [9.17, 15) is 13.2 Å². The van der Waals surface area contributed by atoms with Crippen molar-refractivity contribution in [3.8, 4) is 22.8 Å². The molecule has 0 aliphatic carbocycles. The second kappa shape index (κ2) is 8.28. The molecule has 0 saturated carbocycles. The van der Waals surface area contributed by atoms with Crippen LogP contribution in [-0.4, -0.2) is 63.8 Å². The Morgan fingerprint density at radius 2 is 1.94 bits per heavy atom. The summed E-state index contributed by atoms with van der Waals surface area (Å²) >= 11 is 0. The number of nitrogen functional groups attached to an aromatic ring is 1. The molecule has 1 aromatic carbocycles. The molecule has 11 nitrogen and oxygen atoms in total. The van der Waals surface area contributed by atoms with E-state index in [4.69, 9.17) is 15.9 Å². The minimum absolute atomic E-state index is 0.0392. The average Bonchev–Trinajstić information content (AvgIpc) is 3.43. The van der Waals surface area contributed by atoms with Gasteiger partial charge in [0.2, 0.25) is 0 Å². The molecular weight excluding hydrogens is 434 g/mol. The lowest BCUT2D eigenvalue weighted by Gasteiger charge is -2.12. The van der Waals surface area contributed by atoms with Gasteiger partial charge in [-0.25, -0.2) is 18.4 Å². The van der Waals surface area contributed by atoms with Crippen LogP contribution in [0.25, 0.3) is 22.8 Å². The summed E-state index contributed by atoms with van der Waals surface area (Å²) in [5.74, 6) is -0.563. The molecule has 1 saturated heterocycles. The van der Waals surface area contributed by atoms with Crippen LogP contribution >= 0.6 is 0 Å². The van der Waals surface area contributed by atoms with Crippen LogP contribution in [0.4, 0.5) is 5.82 Å². The number of sulfone groups is 1. The third-order valence-corrected chi connectivity index (χ3v) is 7.39. The number of hydrogen-bond donors (Lipinski definition) is 2. The van der Waals surface area contributed by atoms with Gasteiger partial charge >= 0.3 is 11.8 Å². The van der Waals surface area contributed by atoms with Gasteiger partial charge in [-0.05, 0) is 32.4 Å². The smallest absolute Gasteiger partial charge is 0.311 e. The average molecular weight is 458 g/mol. The molecule has 1 unspecified atom stereocenters. The largest absolute Gasteiger partial charge is 0.410 e. The molecule has 1 atom stereocenters. The molecule has 0 radical (unpaired) electrons. The van der Waals surface area contributed by atoms with Gasteiger partial charge in [-0.2, -0.15) is 0 Å². The zero-order chi connectivity index (χ0) is 23.0. The predicted octanol–water partition coefficient (Wildman–Crippen LogP) is 1.13. The van der Waals surface area contributed by atoms with Gasteiger partial charge in [-0.15, -0.1) is 10.2 Å². The molecule has 0 bridgehead atoms. The van der Waals surface area contributed by atoms with E-state index >= 15 is 0 Å². The van der Waals surface area contributed by atoms with Crippen LogP contribution in [0, 0.1) is 0 Å². The number of aromatic nitrogens is 4. The van der Waals surface area contributed by atoms with Gasteiger partial charge in [-0.3, -0.25) is 4.79 Å². The maximum Gasteiger partial charge on any atom is 0.311 e. The summed E-state index contributed by atoms with van der Waals surface area (Å²) in [4.78, 5) is 22.9. The van der Waals surface area contributed by atoms with Crippen molar-refractivity contribution < 1.29 is 17.6 Å². The molecule has 1 aliphatic heterocycles. The number of likely N-dealkylation sites (tertiary alicyclic amines) is 1. The normalized spacial score (nSPS) is 16.6. The van der Waals surface area contributed by atoms with E-state index in [-0.39, 0.29) is 34.2 Å². The van der Waals surface area contributed by atoms with Crippen molar-refractivity contribution in [1.82, 2.24) is 25.1 Å². The Morgan fingerprint density at radius 3 is 2.56 bits per heavy atom. The van der Waals surface area contributed by atoms with Crippen molar-refractivity contribution in [1.29, 1.82) is 0 Å². The van der Waals surface area contributed by atoms with Crippen molar-refractivity contribution in [3.05, 3.63) is 36.4 Å². The summed E-state index contributed by atoms with van der Waals surface area (Å²) in [6, 6.07) is 6.25. The highest BCUT2D eigenvalue weighted by Gasteiger charge is 2.29. The molecular formula is C20H23N7O4S. The zero-order valence-corrected chi connectivity index (χ0v) is 18.4. The predicted molar refractivity (Wildman–Crippen MR) is 116 cm³/mol. The second-order valence-corrected chi connectivity index (χ2v) is 10.3. The van der Waals surface area contributed by atoms with Gasteiger partial charge in [0.25, 0.3) is 5.89 Å². The van der Waals surface area contributed by atoms with E-state index in [1.54, 1.807) is 30.9 Å². The third kappa shape index (κ3) is 4.06. The van der Waals surface area contributed by atoms with E-state index in [1.165, 1.54) is 18.3 Å². The molecule has 3 heterocycles. The number of anilines is 1. The van der Waals surface area contributed by atoms with Crippen LogP contribution in [0.5, 0.6) is 0 Å². The standard InChI is InChI=1S/C20H23N7O4S/c1-11(2)32(29,30)14-5-3-12(4-6-14)15-9-23-17(22)16(24-15)18-25-26-19(31-18)20(28)27-8-7-13(21)10-27/h3-6,9,11,13H,7-8,10,21H2,1-2H3,(H2,22,23). The molecule has 4 rings (SSSR count). The van der Waals surface area contributed by atoms with Gasteiger partial charge in [0.15, 0.2) is 21.3 Å². The monoisotopic (exact) mass is 457 g/mol. The van der Waals surface area contributed by atoms with E-state index in [2.05, 4.69) is 20.2 Å². The van der Waals surface area contributed by atoms with Crippen LogP contribution in [-0.2, 0) is 9.84 Å². The maximum atomic E-state index is 12.5. The Labute approximate surface area is 184 Å². The lowest BCUT2D eigenvalue weighted by Crippen LogP contribution is -2.32. The fourth-order valence-electron chi connectivity index (χ4n) is 3.29. The van der Waals surface area contributed by atoms with Crippen molar-refractivity contribution in [2.75, 3.05) is 18.8 Å². The summed E-state index contributed by atoms with van der Waals surface area (Å²) in [7, 11) is -3.38. The highest BCUT2D eigenvalue weighted by molar-refractivity contribution is 7.92. The molecule has 0 spiro atoms. The molecule has 4 N–H and O–H groups in total. The van der Waals surface area contributed by atoms with Crippen molar-refractivity contribution in [2.45, 2.75) is 36.5 Å². The van der Waals surface area contributed by atoms with Crippen molar-refractivity contribution in [3.63, 3.8) is 0 Å². The van der Waals surface area contributed by atoms with E-state index < -0.39 is 21.0 Å². The Hall–Kier alpha value is -3.38. The van der Waals surface area contributed by atoms with Gasteiger partial charge in [0.05, 0.1) is 22.0 Å². The summed E-state index contributed by atoms with van der Waals surface area (Å²) < 4.78 is 30.2. The molecule has 1 amide bonds. The van der Waals surface area contributed by atoms with Crippen LogP contribution in [0.15, 0.2) is 39.8 Å². The maximum absolute atomic E-state index is 12.5. The van der Waals surface area contributed by atoms with Crippen LogP contribution in [0.2, 0.25) is 0 Å². The molecule has 12 heteroatoms. The highest BCUT2D eigenvalue weighted by Crippen LogP contribution is 2.27. The van der Waals surface area contributed by atoms with Crippen molar-refractivity contribution >= 4 is 21.6 Å². The Bertz CT molecular complexity index is 1260. The molecule has 1 aliphatic rings. The van der Waals surface area contributed by atoms with Crippen LogP contribution in [0.3, 0.4) is 0 Å². The Balaban J connectivity index is 1.61.